The molecule has 1 N–H and O–H groups in total. The Morgan fingerprint density at radius 1 is 1.23 bits per heavy atom. The van der Waals surface area contributed by atoms with Crippen molar-refractivity contribution in [3.63, 3.8) is 0 Å². The second-order valence-electron chi connectivity index (χ2n) is 6.75. The molecular weight excluding hydrogens is 328 g/mol. The summed E-state index contributed by atoms with van der Waals surface area (Å²) in [5, 5.41) is 9.05. The molecular formula is C22H26O4. The molecule has 0 saturated carbocycles. The number of hydrogen-bond donors (Lipinski definition) is 1. The quantitative estimate of drug-likeness (QED) is 0.760. The number of rotatable bonds is 7. The summed E-state index contributed by atoms with van der Waals surface area (Å²) < 4.78 is 11.8. The number of carboxylic acids is 1. The first-order valence-electron chi connectivity index (χ1n) is 9.27. The third kappa shape index (κ3) is 4.25. The van der Waals surface area contributed by atoms with Crippen LogP contribution in [0.3, 0.4) is 0 Å². The van der Waals surface area contributed by atoms with E-state index in [1.54, 1.807) is 0 Å². The maximum absolute atomic E-state index is 11.0. The molecule has 2 aromatic carbocycles. The van der Waals surface area contributed by atoms with Gasteiger partial charge in [-0.3, -0.25) is 4.79 Å². The summed E-state index contributed by atoms with van der Waals surface area (Å²) in [5.41, 5.74) is 4.90. The average Bonchev–Trinajstić information content (AvgIpc) is 2.63. The van der Waals surface area contributed by atoms with Crippen molar-refractivity contribution in [1.29, 1.82) is 0 Å². The Labute approximate surface area is 154 Å². The van der Waals surface area contributed by atoms with Crippen molar-refractivity contribution in [3.8, 4) is 5.75 Å². The van der Waals surface area contributed by atoms with Gasteiger partial charge in [0.05, 0.1) is 12.5 Å². The van der Waals surface area contributed by atoms with Crippen molar-refractivity contribution in [1.82, 2.24) is 0 Å². The molecule has 1 aliphatic carbocycles. The van der Waals surface area contributed by atoms with E-state index in [0.29, 0.717) is 6.61 Å². The Hall–Kier alpha value is -2.33. The van der Waals surface area contributed by atoms with Crippen LogP contribution in [0.5, 0.6) is 5.75 Å². The zero-order chi connectivity index (χ0) is 18.5. The molecule has 0 aromatic heterocycles. The van der Waals surface area contributed by atoms with Crippen LogP contribution in [0.15, 0.2) is 42.5 Å². The first-order chi connectivity index (χ1) is 12.6. The van der Waals surface area contributed by atoms with Gasteiger partial charge in [-0.15, -0.1) is 0 Å². The van der Waals surface area contributed by atoms with Gasteiger partial charge in [0, 0.05) is 6.61 Å². The highest BCUT2D eigenvalue weighted by Gasteiger charge is 2.23. The molecule has 0 heterocycles. The molecule has 3 rings (SSSR count). The van der Waals surface area contributed by atoms with Crippen LogP contribution in [0.1, 0.15) is 60.6 Å². The van der Waals surface area contributed by atoms with E-state index in [9.17, 15) is 4.79 Å². The highest BCUT2D eigenvalue weighted by molar-refractivity contribution is 5.67. The van der Waals surface area contributed by atoms with E-state index in [0.717, 1.165) is 30.6 Å². The Morgan fingerprint density at radius 2 is 2.00 bits per heavy atom. The molecule has 0 bridgehead atoms. The third-order valence-electron chi connectivity index (χ3n) is 4.94. The minimum absolute atomic E-state index is 0.0384. The summed E-state index contributed by atoms with van der Waals surface area (Å²) in [6, 6.07) is 14.0. The average molecular weight is 354 g/mol. The molecule has 0 fully saturated rings. The molecule has 2 atom stereocenters. The largest absolute Gasteiger partial charge is 0.486 e. The lowest BCUT2D eigenvalue weighted by molar-refractivity contribution is -0.140. The molecule has 2 aromatic rings. The van der Waals surface area contributed by atoms with Crippen molar-refractivity contribution in [2.45, 2.75) is 51.7 Å². The maximum Gasteiger partial charge on any atom is 0.306 e. The van der Waals surface area contributed by atoms with E-state index in [2.05, 4.69) is 25.1 Å². The van der Waals surface area contributed by atoms with Gasteiger partial charge < -0.3 is 14.6 Å². The van der Waals surface area contributed by atoms with Crippen molar-refractivity contribution >= 4 is 5.97 Å². The van der Waals surface area contributed by atoms with Gasteiger partial charge in [-0.1, -0.05) is 30.3 Å². The van der Waals surface area contributed by atoms with Gasteiger partial charge in [0.1, 0.15) is 11.9 Å². The van der Waals surface area contributed by atoms with Crippen LogP contribution in [-0.2, 0) is 16.0 Å². The summed E-state index contributed by atoms with van der Waals surface area (Å²) in [7, 11) is 0. The molecule has 0 saturated heterocycles. The number of benzene rings is 2. The van der Waals surface area contributed by atoms with Crippen LogP contribution in [0, 0.1) is 6.92 Å². The lowest BCUT2D eigenvalue weighted by atomic mass is 9.86. The number of aryl methyl sites for hydroxylation is 1. The monoisotopic (exact) mass is 354 g/mol. The minimum Gasteiger partial charge on any atom is -0.486 e. The summed E-state index contributed by atoms with van der Waals surface area (Å²) in [6.07, 6.45) is 2.87. The predicted molar refractivity (Wildman–Crippen MR) is 101 cm³/mol. The molecule has 1 unspecified atom stereocenters. The standard InChI is InChI=1S/C22H26O4/c1-3-25-21(14-22(23)24)16-10-12-17(13-11-16)26-20-9-5-7-18-15(2)6-4-8-19(18)20/h4,6,8,10-13,20-21H,3,5,7,9,14H2,1-2H3,(H,23,24)/t20?,21-/m0/s1. The highest BCUT2D eigenvalue weighted by atomic mass is 16.5. The summed E-state index contributed by atoms with van der Waals surface area (Å²) >= 11 is 0. The van der Waals surface area contributed by atoms with E-state index in [-0.39, 0.29) is 12.5 Å². The molecule has 0 amide bonds. The van der Waals surface area contributed by atoms with Crippen molar-refractivity contribution in [3.05, 3.63) is 64.7 Å². The summed E-state index contributed by atoms with van der Waals surface area (Å²) in [4.78, 5) is 11.0. The lowest BCUT2D eigenvalue weighted by Gasteiger charge is -2.27. The van der Waals surface area contributed by atoms with Gasteiger partial charge in [0.25, 0.3) is 0 Å². The summed E-state index contributed by atoms with van der Waals surface area (Å²) in [6.45, 7) is 4.51. The van der Waals surface area contributed by atoms with Gasteiger partial charge in [0.2, 0.25) is 0 Å². The van der Waals surface area contributed by atoms with Crippen LogP contribution in [0.4, 0.5) is 0 Å². The second-order valence-corrected chi connectivity index (χ2v) is 6.75. The number of fused-ring (bicyclic) bond motifs is 1. The van der Waals surface area contributed by atoms with E-state index in [1.807, 2.05) is 31.2 Å². The molecule has 138 valence electrons. The third-order valence-corrected chi connectivity index (χ3v) is 4.94. The normalized spacial score (nSPS) is 17.4. The fourth-order valence-corrected chi connectivity index (χ4v) is 3.67. The lowest BCUT2D eigenvalue weighted by Crippen LogP contribution is -2.16. The van der Waals surface area contributed by atoms with Crippen LogP contribution in [-0.4, -0.2) is 17.7 Å². The van der Waals surface area contributed by atoms with Crippen molar-refractivity contribution in [2.75, 3.05) is 6.61 Å². The van der Waals surface area contributed by atoms with Gasteiger partial charge in [0.15, 0.2) is 0 Å². The molecule has 26 heavy (non-hydrogen) atoms. The Kier molecular flexibility index (Phi) is 5.94. The van der Waals surface area contributed by atoms with E-state index in [4.69, 9.17) is 14.6 Å². The summed E-state index contributed by atoms with van der Waals surface area (Å²) in [5.74, 6) is -0.0587. The zero-order valence-corrected chi connectivity index (χ0v) is 15.4. The first-order valence-corrected chi connectivity index (χ1v) is 9.27. The maximum atomic E-state index is 11.0. The minimum atomic E-state index is -0.863. The number of hydrogen-bond acceptors (Lipinski definition) is 3. The number of carbonyl (C=O) groups is 1. The Morgan fingerprint density at radius 3 is 2.69 bits per heavy atom. The van der Waals surface area contributed by atoms with Crippen LogP contribution >= 0.6 is 0 Å². The second kappa shape index (κ2) is 8.37. The molecule has 1 aliphatic rings. The molecule has 0 aliphatic heterocycles. The van der Waals surface area contributed by atoms with Crippen LogP contribution < -0.4 is 4.74 Å². The molecule has 4 heteroatoms. The van der Waals surface area contributed by atoms with Gasteiger partial charge in [-0.05, 0) is 67.5 Å². The van der Waals surface area contributed by atoms with Crippen LogP contribution in [0.2, 0.25) is 0 Å². The van der Waals surface area contributed by atoms with Crippen molar-refractivity contribution < 1.29 is 19.4 Å². The van der Waals surface area contributed by atoms with E-state index < -0.39 is 12.1 Å². The highest BCUT2D eigenvalue weighted by Crippen LogP contribution is 2.35. The molecule has 0 radical (unpaired) electrons. The van der Waals surface area contributed by atoms with Gasteiger partial charge in [-0.2, -0.15) is 0 Å². The topological polar surface area (TPSA) is 55.8 Å². The Balaban J connectivity index is 1.74. The number of aliphatic carboxylic acids is 1. The van der Waals surface area contributed by atoms with E-state index in [1.165, 1.54) is 16.7 Å². The van der Waals surface area contributed by atoms with E-state index >= 15 is 0 Å². The molecule has 0 spiro atoms. The van der Waals surface area contributed by atoms with Crippen LogP contribution in [0.25, 0.3) is 0 Å². The zero-order valence-electron chi connectivity index (χ0n) is 15.4. The van der Waals surface area contributed by atoms with Gasteiger partial charge >= 0.3 is 5.97 Å². The van der Waals surface area contributed by atoms with Crippen molar-refractivity contribution in [2.24, 2.45) is 0 Å². The SMILES string of the molecule is CCO[C@@H](CC(=O)O)c1ccc(OC2CCCc3c(C)cccc32)cc1. The number of ether oxygens (including phenoxy) is 2. The van der Waals surface area contributed by atoms with Gasteiger partial charge in [-0.25, -0.2) is 0 Å². The fraction of sp³-hybridized carbons (Fsp3) is 0.409. The Bertz CT molecular complexity index is 751. The predicted octanol–water partition coefficient (Wildman–Crippen LogP) is 5.00. The molecule has 4 nitrogen and oxygen atoms in total. The smallest absolute Gasteiger partial charge is 0.306 e. The first kappa shape index (κ1) is 18.5. The number of carboxylic acid groups (broad SMARTS) is 1. The fourth-order valence-electron chi connectivity index (χ4n) is 3.67.